The number of carbonyl (C=O) groups excluding carboxylic acids is 2. The summed E-state index contributed by atoms with van der Waals surface area (Å²) in [4.78, 5) is 51.3. The van der Waals surface area contributed by atoms with Gasteiger partial charge in [-0.25, -0.2) is 29.3 Å². The molecule has 5 aromatic heterocycles. The van der Waals surface area contributed by atoms with Crippen LogP contribution < -0.4 is 10.6 Å². The van der Waals surface area contributed by atoms with Gasteiger partial charge >= 0.3 is 6.18 Å². The molecular weight excluding hydrogens is 884 g/mol. The molecule has 12 nitrogen and oxygen atoms in total. The van der Waals surface area contributed by atoms with Crippen molar-refractivity contribution in [1.29, 1.82) is 0 Å². The number of nitrogens with zero attached hydrogens (tertiary/aromatic N) is 8. The largest absolute Gasteiger partial charge is 0.417 e. The molecule has 0 unspecified atom stereocenters. The van der Waals surface area contributed by atoms with Gasteiger partial charge in [-0.1, -0.05) is 84.4 Å². The van der Waals surface area contributed by atoms with E-state index in [0.29, 0.717) is 50.7 Å². The third kappa shape index (κ3) is 8.32. The minimum absolute atomic E-state index is 0.0262. The molecule has 0 aliphatic carbocycles. The monoisotopic (exact) mass is 914 g/mol. The number of anilines is 2. The van der Waals surface area contributed by atoms with Gasteiger partial charge in [-0.15, -0.1) is 0 Å². The Labute approximate surface area is 382 Å². The third-order valence-corrected chi connectivity index (χ3v) is 11.1. The Hall–Kier alpha value is -8.63. The van der Waals surface area contributed by atoms with Crippen molar-refractivity contribution in [1.82, 2.24) is 39.1 Å². The Morgan fingerprint density at radius 1 is 0.642 bits per heavy atom. The van der Waals surface area contributed by atoms with Crippen molar-refractivity contribution in [2.75, 3.05) is 10.6 Å². The lowest BCUT2D eigenvalue weighted by Gasteiger charge is -2.15. The van der Waals surface area contributed by atoms with Gasteiger partial charge in [0.15, 0.2) is 11.6 Å². The Morgan fingerprint density at radius 3 is 2.12 bits per heavy atom. The number of carbonyl (C=O) groups is 2. The Morgan fingerprint density at radius 2 is 1.39 bits per heavy atom. The number of nitrogens with one attached hydrogen (secondary N) is 2. The first kappa shape index (κ1) is 42.3. The average molecular weight is 915 g/mol. The summed E-state index contributed by atoms with van der Waals surface area (Å²) in [6, 6.07) is 37.4. The van der Waals surface area contributed by atoms with E-state index in [1.165, 1.54) is 29.2 Å². The predicted molar refractivity (Wildman–Crippen MR) is 247 cm³/mol. The number of rotatable bonds is 9. The normalized spacial score (nSPS) is 11.6. The Bertz CT molecular complexity index is 3560. The zero-order chi connectivity index (χ0) is 46.4. The number of fused-ring (bicyclic) bond motifs is 2. The van der Waals surface area contributed by atoms with Crippen LogP contribution in [-0.4, -0.2) is 50.9 Å². The average Bonchev–Trinajstić information content (AvgIpc) is 3.94. The van der Waals surface area contributed by atoms with Crippen LogP contribution in [0.25, 0.3) is 73.1 Å². The lowest BCUT2D eigenvalue weighted by atomic mass is 10.0. The molecule has 0 bridgehead atoms. The SMILES string of the molecule is Cn1ccc(-c2cc(C(=O)Nc3nc4ccc(-c5ccnc(-c6cc(C(=O)Nc7c(-c8ccccc8)nc8ccccn78)c(F)cc6Cl)n5)cc4nc3-c3ccccc3)ccc2C(F)(F)F)n1. The number of pyridine rings is 1. The molecule has 5 aromatic carbocycles. The second kappa shape index (κ2) is 17.1. The highest BCUT2D eigenvalue weighted by molar-refractivity contribution is 6.33. The maximum atomic E-state index is 15.6. The molecule has 0 saturated carbocycles. The van der Waals surface area contributed by atoms with Crippen LogP contribution in [0.5, 0.6) is 0 Å². The van der Waals surface area contributed by atoms with E-state index in [1.807, 2.05) is 42.5 Å². The van der Waals surface area contributed by atoms with E-state index in [9.17, 15) is 22.8 Å². The third-order valence-electron chi connectivity index (χ3n) is 10.8. The summed E-state index contributed by atoms with van der Waals surface area (Å²) in [6.07, 6.45) is 0.0732. The van der Waals surface area contributed by atoms with E-state index < -0.39 is 29.4 Å². The van der Waals surface area contributed by atoms with Crippen molar-refractivity contribution in [3.05, 3.63) is 186 Å². The topological polar surface area (TPSA) is 145 Å². The first-order chi connectivity index (χ1) is 32.4. The molecule has 0 radical (unpaired) electrons. The van der Waals surface area contributed by atoms with Gasteiger partial charge in [0, 0.05) is 59.0 Å². The van der Waals surface area contributed by atoms with Crippen LogP contribution in [0.3, 0.4) is 0 Å². The van der Waals surface area contributed by atoms with Crippen molar-refractivity contribution < 1.29 is 27.2 Å². The fourth-order valence-electron chi connectivity index (χ4n) is 7.61. The van der Waals surface area contributed by atoms with Crippen LogP contribution in [0, 0.1) is 5.82 Å². The van der Waals surface area contributed by atoms with Gasteiger partial charge in [-0.2, -0.15) is 18.3 Å². The number of alkyl halides is 3. The smallest absolute Gasteiger partial charge is 0.306 e. The van der Waals surface area contributed by atoms with E-state index in [4.69, 9.17) is 31.5 Å². The highest BCUT2D eigenvalue weighted by atomic mass is 35.5. The van der Waals surface area contributed by atoms with Crippen molar-refractivity contribution in [3.8, 4) is 56.4 Å². The maximum absolute atomic E-state index is 15.6. The summed E-state index contributed by atoms with van der Waals surface area (Å²) in [7, 11) is 1.58. The number of aromatic nitrogens is 8. The molecule has 67 heavy (non-hydrogen) atoms. The molecule has 17 heteroatoms. The first-order valence-electron chi connectivity index (χ1n) is 20.4. The van der Waals surface area contributed by atoms with Crippen molar-refractivity contribution in [2.24, 2.45) is 7.05 Å². The number of benzene rings is 5. The van der Waals surface area contributed by atoms with Gasteiger partial charge in [0.1, 0.15) is 28.7 Å². The molecule has 0 fully saturated rings. The van der Waals surface area contributed by atoms with Gasteiger partial charge < -0.3 is 10.6 Å². The first-order valence-corrected chi connectivity index (χ1v) is 20.8. The van der Waals surface area contributed by atoms with Crippen LogP contribution >= 0.6 is 11.6 Å². The van der Waals surface area contributed by atoms with Gasteiger partial charge in [-0.3, -0.25) is 18.7 Å². The van der Waals surface area contributed by atoms with Gasteiger partial charge in [0.2, 0.25) is 0 Å². The highest BCUT2D eigenvalue weighted by Gasteiger charge is 2.35. The Kier molecular flexibility index (Phi) is 10.8. The molecule has 2 amide bonds. The molecule has 0 spiro atoms. The van der Waals surface area contributed by atoms with Crippen LogP contribution in [0.1, 0.15) is 26.3 Å². The molecular formula is C50H31ClF4N10O2. The summed E-state index contributed by atoms with van der Waals surface area (Å²) in [5, 5.41) is 9.74. The summed E-state index contributed by atoms with van der Waals surface area (Å²) in [5.41, 5.74) is 3.26. The standard InChI is InChI=1S/C50H31ClF4N10O2/c1-64-23-20-39(63-64)32-24-31(15-17-35(32)50(53,54)55)48(66)61-46-43(28-10-4-2-5-11-28)57-41-25-30(16-18-40(41)59-46)38-19-21-56-45(58-38)33-26-34(37(52)27-36(33)51)49(67)62-47-44(29-12-6-3-7-13-29)60-42-14-8-9-22-65(42)47/h2-27H,1H3,(H,62,67)(H,59,61,66). The number of halogens is 5. The van der Waals surface area contributed by atoms with Crippen molar-refractivity contribution >= 4 is 51.7 Å². The highest BCUT2D eigenvalue weighted by Crippen LogP contribution is 2.38. The van der Waals surface area contributed by atoms with E-state index in [-0.39, 0.29) is 44.6 Å². The summed E-state index contributed by atoms with van der Waals surface area (Å²) >= 11 is 6.61. The van der Waals surface area contributed by atoms with Crippen LogP contribution in [0.15, 0.2) is 158 Å². The summed E-state index contributed by atoms with van der Waals surface area (Å²) in [5.74, 6) is -1.79. The van der Waals surface area contributed by atoms with Gasteiger partial charge in [-0.05, 0) is 66.7 Å². The minimum atomic E-state index is -4.69. The van der Waals surface area contributed by atoms with E-state index in [1.54, 1.807) is 78.3 Å². The van der Waals surface area contributed by atoms with Crippen molar-refractivity contribution in [3.63, 3.8) is 0 Å². The van der Waals surface area contributed by atoms with Crippen molar-refractivity contribution in [2.45, 2.75) is 6.18 Å². The minimum Gasteiger partial charge on any atom is -0.306 e. The van der Waals surface area contributed by atoms with Crippen LogP contribution in [-0.2, 0) is 13.2 Å². The zero-order valence-corrected chi connectivity index (χ0v) is 35.6. The molecule has 10 rings (SSSR count). The summed E-state index contributed by atoms with van der Waals surface area (Å²) < 4.78 is 60.9. The zero-order valence-electron chi connectivity index (χ0n) is 34.8. The van der Waals surface area contributed by atoms with Gasteiger partial charge in [0.25, 0.3) is 11.8 Å². The molecule has 328 valence electrons. The molecule has 2 N–H and O–H groups in total. The predicted octanol–water partition coefficient (Wildman–Crippen LogP) is 11.5. The van der Waals surface area contributed by atoms with E-state index >= 15 is 4.39 Å². The van der Waals surface area contributed by atoms with Gasteiger partial charge in [0.05, 0.1) is 38.6 Å². The number of amides is 2. The fraction of sp³-hybridized carbons (Fsp3) is 0.0400. The molecule has 0 saturated heterocycles. The summed E-state index contributed by atoms with van der Waals surface area (Å²) in [6.45, 7) is 0. The molecule has 0 aliphatic heterocycles. The number of hydrogen-bond donors (Lipinski definition) is 2. The maximum Gasteiger partial charge on any atom is 0.417 e. The lowest BCUT2D eigenvalue weighted by molar-refractivity contribution is -0.137. The van der Waals surface area contributed by atoms with Crippen LogP contribution in [0.4, 0.5) is 29.2 Å². The van der Waals surface area contributed by atoms with E-state index in [0.717, 1.165) is 29.8 Å². The number of aryl methyl sites for hydroxylation is 1. The lowest BCUT2D eigenvalue weighted by Crippen LogP contribution is -2.16. The molecule has 10 aromatic rings. The van der Waals surface area contributed by atoms with Crippen LogP contribution in [0.2, 0.25) is 5.02 Å². The molecule has 5 heterocycles. The number of hydrogen-bond acceptors (Lipinski definition) is 8. The Balaban J connectivity index is 0.972. The fourth-order valence-corrected chi connectivity index (χ4v) is 7.85. The quantitative estimate of drug-likeness (QED) is 0.136. The molecule has 0 aliphatic rings. The number of imidazole rings is 1. The molecule has 0 atom stereocenters. The second-order valence-electron chi connectivity index (χ2n) is 15.2. The second-order valence-corrected chi connectivity index (χ2v) is 15.6. The van der Waals surface area contributed by atoms with E-state index in [2.05, 4.69) is 20.7 Å².